The highest BCUT2D eigenvalue weighted by molar-refractivity contribution is 6.05. The van der Waals surface area contributed by atoms with Gasteiger partial charge in [0.25, 0.3) is 0 Å². The summed E-state index contributed by atoms with van der Waals surface area (Å²) in [5.74, 6) is -2.46. The van der Waals surface area contributed by atoms with Crippen molar-refractivity contribution in [3.05, 3.63) is 0 Å². The summed E-state index contributed by atoms with van der Waals surface area (Å²) in [4.78, 5) is 25.2. The predicted molar refractivity (Wildman–Crippen MR) is 67.4 cm³/mol. The largest absolute Gasteiger partial charge is 0.479 e. The normalized spacial score (nSPS) is 27.6. The van der Waals surface area contributed by atoms with Gasteiger partial charge in [0, 0.05) is 12.0 Å². The van der Waals surface area contributed by atoms with E-state index in [9.17, 15) is 19.8 Å². The molecule has 1 rings (SSSR count). The summed E-state index contributed by atoms with van der Waals surface area (Å²) in [5.41, 5.74) is -2.49. The maximum Gasteiger partial charge on any atom is 0.336 e. The van der Waals surface area contributed by atoms with E-state index in [-0.39, 0.29) is 5.92 Å². The number of carbonyl (C=O) groups is 2. The second-order valence-corrected chi connectivity index (χ2v) is 5.31. The number of rotatable bonds is 5. The maximum atomic E-state index is 11.8. The Labute approximate surface area is 108 Å². The quantitative estimate of drug-likeness (QED) is 0.733. The van der Waals surface area contributed by atoms with E-state index >= 15 is 0 Å². The fourth-order valence-corrected chi connectivity index (χ4v) is 3.73. The van der Waals surface area contributed by atoms with Crippen molar-refractivity contribution >= 4 is 11.9 Å². The van der Waals surface area contributed by atoms with Crippen LogP contribution in [0.15, 0.2) is 0 Å². The van der Waals surface area contributed by atoms with Gasteiger partial charge in [0.2, 0.25) is 5.54 Å². The first-order chi connectivity index (χ1) is 8.31. The third-order valence-corrected chi connectivity index (χ3v) is 4.76. The Morgan fingerprint density at radius 3 is 2.00 bits per heavy atom. The van der Waals surface area contributed by atoms with Gasteiger partial charge in [-0.1, -0.05) is 27.7 Å². The lowest BCUT2D eigenvalue weighted by molar-refractivity contribution is -0.176. The molecule has 1 aliphatic rings. The van der Waals surface area contributed by atoms with Crippen LogP contribution in [0, 0.1) is 11.3 Å². The summed E-state index contributed by atoms with van der Waals surface area (Å²) < 4.78 is 0. The molecule has 1 heterocycles. The summed E-state index contributed by atoms with van der Waals surface area (Å²) in [5, 5.41) is 19.3. The first-order valence-electron chi connectivity index (χ1n) is 6.53. The van der Waals surface area contributed by atoms with Crippen LogP contribution in [0.4, 0.5) is 0 Å². The van der Waals surface area contributed by atoms with Crippen molar-refractivity contribution in [2.75, 3.05) is 13.1 Å². The molecule has 0 aliphatic carbocycles. The molecule has 0 aromatic rings. The molecule has 0 saturated carbocycles. The minimum atomic E-state index is -1.79. The van der Waals surface area contributed by atoms with Crippen molar-refractivity contribution < 1.29 is 19.8 Å². The molecule has 0 spiro atoms. The van der Waals surface area contributed by atoms with Gasteiger partial charge in [0.15, 0.2) is 0 Å². The Morgan fingerprint density at radius 2 is 1.72 bits per heavy atom. The van der Waals surface area contributed by atoms with Crippen molar-refractivity contribution in [3.8, 4) is 0 Å². The zero-order chi connectivity index (χ0) is 14.1. The van der Waals surface area contributed by atoms with Gasteiger partial charge >= 0.3 is 11.9 Å². The number of carboxylic acid groups (broad SMARTS) is 2. The van der Waals surface area contributed by atoms with Crippen molar-refractivity contribution in [1.29, 1.82) is 0 Å². The number of nitrogens with zero attached hydrogens (tertiary/aromatic N) is 1. The van der Waals surface area contributed by atoms with E-state index in [0.717, 1.165) is 0 Å². The van der Waals surface area contributed by atoms with Crippen LogP contribution < -0.4 is 0 Å². The molecule has 2 N–H and O–H groups in total. The Bertz CT molecular complexity index is 339. The molecule has 1 fully saturated rings. The average molecular weight is 257 g/mol. The molecular formula is C13H23NO4. The molecule has 0 radical (unpaired) electrons. The molecule has 18 heavy (non-hydrogen) atoms. The van der Waals surface area contributed by atoms with E-state index < -0.39 is 22.9 Å². The Morgan fingerprint density at radius 1 is 1.22 bits per heavy atom. The highest BCUT2D eigenvalue weighted by Gasteiger charge is 2.68. The lowest BCUT2D eigenvalue weighted by Gasteiger charge is -2.45. The molecule has 0 amide bonds. The third-order valence-electron chi connectivity index (χ3n) is 4.76. The maximum absolute atomic E-state index is 11.8. The van der Waals surface area contributed by atoms with E-state index in [1.54, 1.807) is 4.90 Å². The number of hydrogen-bond acceptors (Lipinski definition) is 3. The second kappa shape index (κ2) is 4.88. The van der Waals surface area contributed by atoms with Crippen LogP contribution >= 0.6 is 0 Å². The van der Waals surface area contributed by atoms with Crippen molar-refractivity contribution in [2.24, 2.45) is 11.3 Å². The number of aliphatic carboxylic acids is 2. The molecule has 1 unspecified atom stereocenters. The van der Waals surface area contributed by atoms with E-state index in [1.165, 1.54) is 0 Å². The van der Waals surface area contributed by atoms with Crippen molar-refractivity contribution in [1.82, 2.24) is 4.90 Å². The summed E-state index contributed by atoms with van der Waals surface area (Å²) in [6.45, 7) is 8.51. The number of hydrogen-bond donors (Lipinski definition) is 2. The van der Waals surface area contributed by atoms with Crippen LogP contribution in [-0.4, -0.2) is 45.7 Å². The molecule has 1 saturated heterocycles. The molecular weight excluding hydrogens is 234 g/mol. The van der Waals surface area contributed by atoms with Crippen LogP contribution in [0.2, 0.25) is 0 Å². The molecule has 1 aliphatic heterocycles. The zero-order valence-electron chi connectivity index (χ0n) is 11.6. The van der Waals surface area contributed by atoms with Gasteiger partial charge in [-0.05, 0) is 25.3 Å². The van der Waals surface area contributed by atoms with E-state index in [4.69, 9.17) is 0 Å². The minimum absolute atomic E-state index is 0.00579. The Balaban J connectivity index is 3.52. The predicted octanol–water partition coefficient (Wildman–Crippen LogP) is 1.67. The smallest absolute Gasteiger partial charge is 0.336 e. The standard InChI is InChI=1S/C13H23NO4/c1-5-12(9(3)4)7-8-14(6-2)13(12,10(15)16)11(17)18/h9H,5-8H2,1-4H3,(H,15,16)(H,17,18). The molecule has 104 valence electrons. The lowest BCUT2D eigenvalue weighted by atomic mass is 9.61. The Kier molecular flexibility index (Phi) is 4.05. The van der Waals surface area contributed by atoms with Gasteiger partial charge in [0.1, 0.15) is 0 Å². The molecule has 1 atom stereocenters. The molecule has 5 heteroatoms. The first-order valence-corrected chi connectivity index (χ1v) is 6.53. The van der Waals surface area contributed by atoms with Crippen LogP contribution in [0.1, 0.15) is 40.5 Å². The molecule has 0 aromatic carbocycles. The van der Waals surface area contributed by atoms with Gasteiger partial charge in [-0.15, -0.1) is 0 Å². The van der Waals surface area contributed by atoms with E-state index in [1.807, 2.05) is 27.7 Å². The summed E-state index contributed by atoms with van der Waals surface area (Å²) in [6.07, 6.45) is 1.17. The fraction of sp³-hybridized carbons (Fsp3) is 0.846. The van der Waals surface area contributed by atoms with Crippen LogP contribution in [0.25, 0.3) is 0 Å². The summed E-state index contributed by atoms with van der Waals surface area (Å²) in [6, 6.07) is 0. The van der Waals surface area contributed by atoms with E-state index in [2.05, 4.69) is 0 Å². The van der Waals surface area contributed by atoms with Crippen LogP contribution in [0.5, 0.6) is 0 Å². The van der Waals surface area contributed by atoms with Crippen molar-refractivity contribution in [2.45, 2.75) is 46.1 Å². The van der Waals surface area contributed by atoms with Crippen LogP contribution in [0.3, 0.4) is 0 Å². The second-order valence-electron chi connectivity index (χ2n) is 5.31. The highest BCUT2D eigenvalue weighted by Crippen LogP contribution is 2.53. The van der Waals surface area contributed by atoms with E-state index in [0.29, 0.717) is 25.9 Å². The third kappa shape index (κ3) is 1.56. The number of likely N-dealkylation sites (N-methyl/N-ethyl adjacent to an activating group) is 1. The van der Waals surface area contributed by atoms with Crippen molar-refractivity contribution in [3.63, 3.8) is 0 Å². The van der Waals surface area contributed by atoms with Gasteiger partial charge in [-0.2, -0.15) is 0 Å². The summed E-state index contributed by atoms with van der Waals surface area (Å²) in [7, 11) is 0. The fourth-order valence-electron chi connectivity index (χ4n) is 3.73. The number of carboxylic acids is 2. The monoisotopic (exact) mass is 257 g/mol. The highest BCUT2D eigenvalue weighted by atomic mass is 16.4. The topological polar surface area (TPSA) is 77.8 Å². The molecule has 0 aromatic heterocycles. The summed E-state index contributed by atoms with van der Waals surface area (Å²) >= 11 is 0. The SMILES string of the molecule is CCN1CCC(CC)(C(C)C)C1(C(=O)O)C(=O)O. The minimum Gasteiger partial charge on any atom is -0.479 e. The molecule has 0 bridgehead atoms. The van der Waals surface area contributed by atoms with Gasteiger partial charge in [-0.3, -0.25) is 4.90 Å². The first kappa shape index (κ1) is 15.0. The van der Waals surface area contributed by atoms with Gasteiger partial charge < -0.3 is 10.2 Å². The zero-order valence-corrected chi connectivity index (χ0v) is 11.6. The van der Waals surface area contributed by atoms with Crippen LogP contribution in [-0.2, 0) is 9.59 Å². The lowest BCUT2D eigenvalue weighted by Crippen LogP contribution is -2.66. The number of likely N-dealkylation sites (tertiary alicyclic amines) is 1. The Hall–Kier alpha value is -1.10. The van der Waals surface area contributed by atoms with Gasteiger partial charge in [0.05, 0.1) is 0 Å². The average Bonchev–Trinajstić information content (AvgIpc) is 2.64. The van der Waals surface area contributed by atoms with Gasteiger partial charge in [-0.25, -0.2) is 9.59 Å². The molecule has 5 nitrogen and oxygen atoms in total.